The van der Waals surface area contributed by atoms with Crippen LogP contribution in [0.15, 0.2) is 12.4 Å². The largest absolute Gasteiger partial charge is 0.314 e. The van der Waals surface area contributed by atoms with E-state index in [0.29, 0.717) is 12.0 Å². The first-order valence-corrected chi connectivity index (χ1v) is 6.23. The second kappa shape index (κ2) is 6.59. The maximum atomic E-state index is 4.37. The molecule has 1 aromatic rings. The van der Waals surface area contributed by atoms with Gasteiger partial charge in [0.15, 0.2) is 0 Å². The highest BCUT2D eigenvalue weighted by Crippen LogP contribution is 2.17. The Morgan fingerprint density at radius 2 is 2.00 bits per heavy atom. The molecule has 0 aliphatic heterocycles. The summed E-state index contributed by atoms with van der Waals surface area (Å²) in [5, 5.41) is 3.43. The van der Waals surface area contributed by atoms with E-state index in [2.05, 4.69) is 49.0 Å². The smallest absolute Gasteiger partial charge is 0.115 e. The van der Waals surface area contributed by atoms with Crippen LogP contribution in [0.4, 0.5) is 0 Å². The monoisotopic (exact) mass is 221 g/mol. The molecule has 0 spiro atoms. The topological polar surface area (TPSA) is 37.8 Å². The first kappa shape index (κ1) is 13.1. The number of hydrogen-bond donors (Lipinski definition) is 1. The molecule has 1 aromatic heterocycles. The lowest BCUT2D eigenvalue weighted by Gasteiger charge is -2.20. The molecule has 0 saturated carbocycles. The van der Waals surface area contributed by atoms with E-state index in [4.69, 9.17) is 0 Å². The number of nitrogens with one attached hydrogen (secondary N) is 1. The van der Waals surface area contributed by atoms with E-state index in [9.17, 15) is 0 Å². The molecule has 3 nitrogen and oxygen atoms in total. The molecule has 90 valence electrons. The lowest BCUT2D eigenvalue weighted by Crippen LogP contribution is -2.31. The zero-order valence-electron chi connectivity index (χ0n) is 10.8. The van der Waals surface area contributed by atoms with Crippen molar-refractivity contribution in [3.63, 3.8) is 0 Å². The molecule has 2 unspecified atom stereocenters. The van der Waals surface area contributed by atoms with E-state index >= 15 is 0 Å². The molecule has 0 amide bonds. The second-order valence-electron chi connectivity index (χ2n) is 4.32. The van der Waals surface area contributed by atoms with Crippen LogP contribution in [0.2, 0.25) is 0 Å². The summed E-state index contributed by atoms with van der Waals surface area (Å²) >= 11 is 0. The minimum absolute atomic E-state index is 0.429. The van der Waals surface area contributed by atoms with E-state index in [1.165, 1.54) is 0 Å². The van der Waals surface area contributed by atoms with Gasteiger partial charge in [0, 0.05) is 23.3 Å². The van der Waals surface area contributed by atoms with E-state index < -0.39 is 0 Å². The quantitative estimate of drug-likeness (QED) is 0.802. The summed E-state index contributed by atoms with van der Waals surface area (Å²) in [6, 6.07) is 2.59. The van der Waals surface area contributed by atoms with Crippen molar-refractivity contribution in [2.45, 2.75) is 52.5 Å². The van der Waals surface area contributed by atoms with Gasteiger partial charge >= 0.3 is 0 Å². The van der Waals surface area contributed by atoms with Gasteiger partial charge in [-0.15, -0.1) is 0 Å². The first-order chi connectivity index (χ1) is 7.69. The molecule has 0 aliphatic carbocycles. The lowest BCUT2D eigenvalue weighted by molar-refractivity contribution is 0.486. The summed E-state index contributed by atoms with van der Waals surface area (Å²) < 4.78 is 0. The Labute approximate surface area is 98.7 Å². The highest BCUT2D eigenvalue weighted by atomic mass is 14.9. The van der Waals surface area contributed by atoms with Crippen LogP contribution in [0.5, 0.6) is 0 Å². The van der Waals surface area contributed by atoms with Gasteiger partial charge in [0.05, 0.1) is 0 Å². The summed E-state index contributed by atoms with van der Waals surface area (Å²) in [4.78, 5) is 8.66. The molecule has 0 saturated heterocycles. The average Bonchev–Trinajstić information content (AvgIpc) is 2.29. The molecule has 2 atom stereocenters. The zero-order chi connectivity index (χ0) is 12.0. The molecule has 1 N–H and O–H groups in total. The molecule has 0 bridgehead atoms. The van der Waals surface area contributed by atoms with Crippen LogP contribution in [0, 0.1) is 0 Å². The summed E-state index contributed by atoms with van der Waals surface area (Å²) in [6.45, 7) is 9.72. The van der Waals surface area contributed by atoms with Gasteiger partial charge in [0.2, 0.25) is 0 Å². The molecular weight excluding hydrogens is 198 g/mol. The predicted octanol–water partition coefficient (Wildman–Crippen LogP) is 2.53. The third-order valence-electron chi connectivity index (χ3n) is 2.99. The van der Waals surface area contributed by atoms with Gasteiger partial charge < -0.3 is 5.32 Å². The van der Waals surface area contributed by atoms with Gasteiger partial charge in [0.1, 0.15) is 6.33 Å². The van der Waals surface area contributed by atoms with E-state index in [0.717, 1.165) is 30.8 Å². The van der Waals surface area contributed by atoms with Crippen molar-refractivity contribution in [2.24, 2.45) is 0 Å². The van der Waals surface area contributed by atoms with Crippen molar-refractivity contribution >= 4 is 0 Å². The first-order valence-electron chi connectivity index (χ1n) is 6.23. The van der Waals surface area contributed by atoms with Gasteiger partial charge in [0.25, 0.3) is 0 Å². The van der Waals surface area contributed by atoms with Crippen LogP contribution in [-0.4, -0.2) is 22.6 Å². The maximum Gasteiger partial charge on any atom is 0.115 e. The number of rotatable bonds is 6. The fourth-order valence-electron chi connectivity index (χ4n) is 1.81. The average molecular weight is 221 g/mol. The highest BCUT2D eigenvalue weighted by Gasteiger charge is 2.14. The second-order valence-corrected chi connectivity index (χ2v) is 4.32. The SMILES string of the molecule is CCCc1cc(C(C)C(C)NCC)ncn1. The third kappa shape index (κ3) is 3.56. The minimum atomic E-state index is 0.429. The Hall–Kier alpha value is -0.960. The molecule has 0 fully saturated rings. The summed E-state index contributed by atoms with van der Waals surface area (Å²) in [7, 11) is 0. The summed E-state index contributed by atoms with van der Waals surface area (Å²) in [5.41, 5.74) is 2.30. The van der Waals surface area contributed by atoms with Gasteiger partial charge in [-0.3, -0.25) is 0 Å². The van der Waals surface area contributed by atoms with E-state index in [-0.39, 0.29) is 0 Å². The van der Waals surface area contributed by atoms with Crippen LogP contribution in [-0.2, 0) is 6.42 Å². The minimum Gasteiger partial charge on any atom is -0.314 e. The van der Waals surface area contributed by atoms with Gasteiger partial charge in [-0.25, -0.2) is 9.97 Å². The number of nitrogens with zero attached hydrogens (tertiary/aromatic N) is 2. The Morgan fingerprint density at radius 1 is 1.25 bits per heavy atom. The Balaban J connectivity index is 2.74. The van der Waals surface area contributed by atoms with Crippen molar-refractivity contribution in [3.05, 3.63) is 23.8 Å². The van der Waals surface area contributed by atoms with Crippen LogP contribution in [0.25, 0.3) is 0 Å². The molecule has 16 heavy (non-hydrogen) atoms. The van der Waals surface area contributed by atoms with Gasteiger partial charge in [-0.05, 0) is 26.0 Å². The van der Waals surface area contributed by atoms with Crippen LogP contribution in [0.1, 0.15) is 51.4 Å². The fourth-order valence-corrected chi connectivity index (χ4v) is 1.81. The number of aromatic nitrogens is 2. The zero-order valence-corrected chi connectivity index (χ0v) is 10.8. The molecule has 0 aliphatic rings. The highest BCUT2D eigenvalue weighted by molar-refractivity contribution is 5.13. The molecular formula is C13H23N3. The van der Waals surface area contributed by atoms with E-state index in [1.807, 2.05) is 0 Å². The van der Waals surface area contributed by atoms with Crippen molar-refractivity contribution in [2.75, 3.05) is 6.54 Å². The molecule has 1 rings (SSSR count). The van der Waals surface area contributed by atoms with Crippen molar-refractivity contribution in [1.29, 1.82) is 0 Å². The van der Waals surface area contributed by atoms with Crippen LogP contribution >= 0.6 is 0 Å². The lowest BCUT2D eigenvalue weighted by atomic mass is 9.98. The van der Waals surface area contributed by atoms with Crippen molar-refractivity contribution in [1.82, 2.24) is 15.3 Å². The van der Waals surface area contributed by atoms with Gasteiger partial charge in [-0.1, -0.05) is 27.2 Å². The number of likely N-dealkylation sites (N-methyl/N-ethyl adjacent to an activating group) is 1. The molecule has 0 aromatic carbocycles. The standard InChI is InChI=1S/C13H23N3/c1-5-7-12-8-13(16-9-15-12)10(3)11(4)14-6-2/h8-11,14H,5-7H2,1-4H3. The Bertz CT molecular complexity index is 312. The Kier molecular flexibility index (Phi) is 5.39. The molecule has 1 heterocycles. The normalized spacial score (nSPS) is 14.8. The van der Waals surface area contributed by atoms with Gasteiger partial charge in [-0.2, -0.15) is 0 Å². The van der Waals surface area contributed by atoms with E-state index in [1.54, 1.807) is 6.33 Å². The predicted molar refractivity (Wildman–Crippen MR) is 67.6 cm³/mol. The Morgan fingerprint density at radius 3 is 2.62 bits per heavy atom. The maximum absolute atomic E-state index is 4.37. The van der Waals surface area contributed by atoms with Crippen molar-refractivity contribution in [3.8, 4) is 0 Å². The summed E-state index contributed by atoms with van der Waals surface area (Å²) in [5.74, 6) is 0.429. The van der Waals surface area contributed by atoms with Crippen molar-refractivity contribution < 1.29 is 0 Å². The van der Waals surface area contributed by atoms with Crippen LogP contribution in [0.3, 0.4) is 0 Å². The number of hydrogen-bond acceptors (Lipinski definition) is 3. The molecule has 3 heteroatoms. The fraction of sp³-hybridized carbons (Fsp3) is 0.692. The summed E-state index contributed by atoms with van der Waals surface area (Å²) in [6.07, 6.45) is 3.86. The third-order valence-corrected chi connectivity index (χ3v) is 2.99. The molecule has 0 radical (unpaired) electrons. The number of aryl methyl sites for hydroxylation is 1. The van der Waals surface area contributed by atoms with Crippen LogP contribution < -0.4 is 5.32 Å².